The van der Waals surface area contributed by atoms with E-state index in [0.29, 0.717) is 0 Å². The highest BCUT2D eigenvalue weighted by molar-refractivity contribution is 4.89. The van der Waals surface area contributed by atoms with E-state index in [1.54, 1.807) is 0 Å². The molecule has 0 aromatic heterocycles. The topological polar surface area (TPSA) is 24.1 Å². The molecule has 2 aliphatic rings. The summed E-state index contributed by atoms with van der Waals surface area (Å²) in [5, 5.41) is 6.92. The fraction of sp³-hybridized carbons (Fsp3) is 1.00. The summed E-state index contributed by atoms with van der Waals surface area (Å²) in [5.41, 5.74) is 0. The molecule has 0 radical (unpaired) electrons. The molecule has 2 saturated heterocycles. The summed E-state index contributed by atoms with van der Waals surface area (Å²) in [6, 6.07) is 0.804. The smallest absolute Gasteiger partial charge is 0.0232 e. The van der Waals surface area contributed by atoms with Crippen LogP contribution in [0.5, 0.6) is 0 Å². The monoisotopic (exact) mass is 126 g/mol. The van der Waals surface area contributed by atoms with Crippen molar-refractivity contribution >= 4 is 0 Å². The van der Waals surface area contributed by atoms with E-state index in [2.05, 4.69) is 10.6 Å². The lowest BCUT2D eigenvalue weighted by Crippen LogP contribution is -2.40. The van der Waals surface area contributed by atoms with Crippen molar-refractivity contribution in [2.24, 2.45) is 5.92 Å². The zero-order valence-electron chi connectivity index (χ0n) is 5.69. The summed E-state index contributed by atoms with van der Waals surface area (Å²) in [4.78, 5) is 0. The molecule has 0 spiro atoms. The maximum absolute atomic E-state index is 3.52. The van der Waals surface area contributed by atoms with Crippen LogP contribution in [0.4, 0.5) is 0 Å². The molecular weight excluding hydrogens is 112 g/mol. The van der Waals surface area contributed by atoms with Gasteiger partial charge in [0.2, 0.25) is 0 Å². The molecule has 0 bridgehead atoms. The lowest BCUT2D eigenvalue weighted by Gasteiger charge is -2.24. The molecule has 2 N–H and O–H groups in total. The van der Waals surface area contributed by atoms with Gasteiger partial charge in [-0.05, 0) is 31.8 Å². The number of piperidine rings is 1. The number of nitrogens with one attached hydrogen (secondary N) is 2. The molecule has 2 atom stereocenters. The number of rotatable bonds is 0. The van der Waals surface area contributed by atoms with E-state index in [4.69, 9.17) is 0 Å². The highest BCUT2D eigenvalue weighted by atomic mass is 15.0. The second-order valence-electron chi connectivity index (χ2n) is 3.12. The van der Waals surface area contributed by atoms with Gasteiger partial charge in [0, 0.05) is 12.6 Å². The van der Waals surface area contributed by atoms with Gasteiger partial charge in [0.05, 0.1) is 0 Å². The largest absolute Gasteiger partial charge is 0.315 e. The molecule has 2 heterocycles. The van der Waals surface area contributed by atoms with Crippen LogP contribution in [0.25, 0.3) is 0 Å². The van der Waals surface area contributed by atoms with E-state index < -0.39 is 0 Å². The third kappa shape index (κ3) is 0.970. The average Bonchev–Trinajstić information content (AvgIpc) is 2.33. The Hall–Kier alpha value is -0.0800. The zero-order valence-corrected chi connectivity index (χ0v) is 5.69. The lowest BCUT2D eigenvalue weighted by atomic mass is 9.94. The summed E-state index contributed by atoms with van der Waals surface area (Å²) in [7, 11) is 0. The van der Waals surface area contributed by atoms with Crippen molar-refractivity contribution < 1.29 is 0 Å². The quantitative estimate of drug-likeness (QED) is 0.476. The van der Waals surface area contributed by atoms with E-state index >= 15 is 0 Å². The van der Waals surface area contributed by atoms with E-state index in [9.17, 15) is 0 Å². The average molecular weight is 126 g/mol. The van der Waals surface area contributed by atoms with Gasteiger partial charge in [0.1, 0.15) is 0 Å². The van der Waals surface area contributed by atoms with Gasteiger partial charge in [0.15, 0.2) is 0 Å². The van der Waals surface area contributed by atoms with E-state index in [-0.39, 0.29) is 0 Å². The molecule has 0 amide bonds. The Labute approximate surface area is 56.0 Å². The number of hydrogen-bond acceptors (Lipinski definition) is 2. The lowest BCUT2D eigenvalue weighted by molar-refractivity contribution is 0.339. The molecule has 2 rings (SSSR count). The Bertz CT molecular complexity index is 91.1. The van der Waals surface area contributed by atoms with Crippen molar-refractivity contribution in [2.45, 2.75) is 18.9 Å². The molecule has 2 fully saturated rings. The van der Waals surface area contributed by atoms with Crippen molar-refractivity contribution in [1.82, 2.24) is 10.6 Å². The van der Waals surface area contributed by atoms with Crippen LogP contribution in [-0.4, -0.2) is 25.7 Å². The van der Waals surface area contributed by atoms with Gasteiger partial charge in [0.25, 0.3) is 0 Å². The van der Waals surface area contributed by atoms with Crippen LogP contribution < -0.4 is 10.6 Å². The van der Waals surface area contributed by atoms with Crippen LogP contribution in [0.2, 0.25) is 0 Å². The maximum Gasteiger partial charge on any atom is 0.0232 e. The molecule has 1 unspecified atom stereocenters. The van der Waals surface area contributed by atoms with Crippen molar-refractivity contribution in [3.8, 4) is 0 Å². The predicted molar refractivity (Wildman–Crippen MR) is 37.4 cm³/mol. The van der Waals surface area contributed by atoms with Gasteiger partial charge < -0.3 is 10.6 Å². The van der Waals surface area contributed by atoms with Crippen molar-refractivity contribution in [2.75, 3.05) is 19.6 Å². The first-order valence-corrected chi connectivity index (χ1v) is 3.91. The zero-order chi connectivity index (χ0) is 6.10. The summed E-state index contributed by atoms with van der Waals surface area (Å²) >= 11 is 0. The first-order valence-electron chi connectivity index (χ1n) is 3.91. The van der Waals surface area contributed by atoms with Crippen LogP contribution in [0.3, 0.4) is 0 Å². The van der Waals surface area contributed by atoms with E-state index in [1.165, 1.54) is 32.5 Å². The Balaban J connectivity index is 1.97. The van der Waals surface area contributed by atoms with Crippen LogP contribution in [0, 0.1) is 5.92 Å². The van der Waals surface area contributed by atoms with Gasteiger partial charge in [-0.15, -0.1) is 0 Å². The molecule has 0 saturated carbocycles. The first-order chi connectivity index (χ1) is 4.47. The standard InChI is InChI=1S/C7H14N2/c1-2-6-4-8-5-7(6)9-3-1/h6-9H,1-5H2/t6-,7?/m1/s1. The Morgan fingerprint density at radius 3 is 3.11 bits per heavy atom. The van der Waals surface area contributed by atoms with Crippen LogP contribution in [-0.2, 0) is 0 Å². The molecule has 0 aliphatic carbocycles. The Morgan fingerprint density at radius 2 is 2.22 bits per heavy atom. The molecule has 2 aliphatic heterocycles. The summed E-state index contributed by atoms with van der Waals surface area (Å²) in [6.07, 6.45) is 2.81. The molecule has 2 nitrogen and oxygen atoms in total. The summed E-state index contributed by atoms with van der Waals surface area (Å²) in [5.74, 6) is 0.943. The van der Waals surface area contributed by atoms with Crippen molar-refractivity contribution in [3.05, 3.63) is 0 Å². The predicted octanol–water partition coefficient (Wildman–Crippen LogP) is -0.0422. The van der Waals surface area contributed by atoms with Crippen LogP contribution in [0.15, 0.2) is 0 Å². The second kappa shape index (κ2) is 2.27. The van der Waals surface area contributed by atoms with Crippen LogP contribution in [0.1, 0.15) is 12.8 Å². The van der Waals surface area contributed by atoms with Crippen LogP contribution >= 0.6 is 0 Å². The highest BCUT2D eigenvalue weighted by Gasteiger charge is 2.28. The minimum atomic E-state index is 0.804. The maximum atomic E-state index is 3.52. The van der Waals surface area contributed by atoms with Crippen molar-refractivity contribution in [1.29, 1.82) is 0 Å². The molecule has 9 heavy (non-hydrogen) atoms. The first kappa shape index (κ1) is 5.69. The number of hydrogen-bond donors (Lipinski definition) is 2. The Kier molecular flexibility index (Phi) is 1.44. The highest BCUT2D eigenvalue weighted by Crippen LogP contribution is 2.18. The molecule has 2 heteroatoms. The molecule has 0 aromatic carbocycles. The van der Waals surface area contributed by atoms with Crippen molar-refractivity contribution in [3.63, 3.8) is 0 Å². The third-order valence-electron chi connectivity index (χ3n) is 2.50. The van der Waals surface area contributed by atoms with E-state index in [0.717, 1.165) is 12.0 Å². The minimum absolute atomic E-state index is 0.804. The van der Waals surface area contributed by atoms with Gasteiger partial charge in [-0.3, -0.25) is 0 Å². The van der Waals surface area contributed by atoms with Gasteiger partial charge in [-0.1, -0.05) is 0 Å². The fourth-order valence-corrected chi connectivity index (χ4v) is 1.93. The van der Waals surface area contributed by atoms with Gasteiger partial charge >= 0.3 is 0 Å². The summed E-state index contributed by atoms with van der Waals surface area (Å²) in [6.45, 7) is 3.69. The molecular formula is C7H14N2. The second-order valence-corrected chi connectivity index (χ2v) is 3.12. The number of fused-ring (bicyclic) bond motifs is 1. The Morgan fingerprint density at radius 1 is 1.22 bits per heavy atom. The molecule has 0 aromatic rings. The van der Waals surface area contributed by atoms with E-state index in [1.807, 2.05) is 0 Å². The van der Waals surface area contributed by atoms with Gasteiger partial charge in [-0.2, -0.15) is 0 Å². The normalized spacial score (nSPS) is 42.7. The van der Waals surface area contributed by atoms with Gasteiger partial charge in [-0.25, -0.2) is 0 Å². The molecule has 52 valence electrons. The summed E-state index contributed by atoms with van der Waals surface area (Å²) < 4.78 is 0. The minimum Gasteiger partial charge on any atom is -0.315 e. The SMILES string of the molecule is C1CNC2CNC[C@H]2C1. The fourth-order valence-electron chi connectivity index (χ4n) is 1.93. The third-order valence-corrected chi connectivity index (χ3v) is 2.50.